The average Bonchev–Trinajstić information content (AvgIpc) is 2.57. The van der Waals surface area contributed by atoms with Crippen molar-refractivity contribution in [3.05, 3.63) is 34.1 Å². The van der Waals surface area contributed by atoms with Gasteiger partial charge < -0.3 is 5.73 Å². The van der Waals surface area contributed by atoms with Crippen LogP contribution in [0.1, 0.15) is 67.7 Å². The summed E-state index contributed by atoms with van der Waals surface area (Å²) in [6.07, 6.45) is 7.77. The summed E-state index contributed by atoms with van der Waals surface area (Å²) in [7, 11) is 0. The SMILES string of the molecule is CCCCCCCC[NH-].Cc1c[c-](C)c(C)c1C.[Ti+2]. The van der Waals surface area contributed by atoms with Crippen LogP contribution >= 0.6 is 0 Å². The Balaban J connectivity index is 0. The fourth-order valence-electron chi connectivity index (χ4n) is 2.04. The standard InChI is InChI=1S/C9H13.C8H18N.Ti/c1-6-5-7(2)9(4)8(6)3;1-2-3-4-5-6-7-8-9;/h5H,1-4H3;9H,2-8H2,1H3;/q2*-1;+2. The maximum atomic E-state index is 6.88. The van der Waals surface area contributed by atoms with Crippen LogP contribution < -0.4 is 0 Å². The molecule has 0 aliphatic carbocycles. The van der Waals surface area contributed by atoms with Gasteiger partial charge in [-0.25, -0.2) is 0 Å². The van der Waals surface area contributed by atoms with Gasteiger partial charge in [0.05, 0.1) is 0 Å². The Hall–Kier alpha value is 0.0243. The van der Waals surface area contributed by atoms with E-state index in [4.69, 9.17) is 5.73 Å². The normalized spacial score (nSPS) is 9.58. The second kappa shape index (κ2) is 13.0. The Morgan fingerprint density at radius 1 is 1.00 bits per heavy atom. The first-order valence-electron chi connectivity index (χ1n) is 7.39. The van der Waals surface area contributed by atoms with E-state index in [1.54, 1.807) is 0 Å². The zero-order valence-electron chi connectivity index (χ0n) is 13.5. The van der Waals surface area contributed by atoms with Gasteiger partial charge >= 0.3 is 21.7 Å². The summed E-state index contributed by atoms with van der Waals surface area (Å²) in [5.74, 6) is 0. The van der Waals surface area contributed by atoms with Gasteiger partial charge in [-0.2, -0.15) is 34.9 Å². The molecule has 0 heterocycles. The zero-order chi connectivity index (χ0) is 14.0. The minimum absolute atomic E-state index is 0. The predicted molar refractivity (Wildman–Crippen MR) is 83.5 cm³/mol. The smallest absolute Gasteiger partial charge is 0.677 e. The van der Waals surface area contributed by atoms with Crippen molar-refractivity contribution in [2.75, 3.05) is 6.54 Å². The van der Waals surface area contributed by atoms with E-state index in [9.17, 15) is 0 Å². The number of aryl methyl sites for hydroxylation is 2. The third-order valence-electron chi connectivity index (χ3n) is 3.71. The third-order valence-corrected chi connectivity index (χ3v) is 3.71. The summed E-state index contributed by atoms with van der Waals surface area (Å²) >= 11 is 0. The molecule has 1 nitrogen and oxygen atoms in total. The van der Waals surface area contributed by atoms with Crippen molar-refractivity contribution in [2.24, 2.45) is 0 Å². The number of unbranched alkanes of at least 4 members (excludes halogenated alkanes) is 5. The van der Waals surface area contributed by atoms with Crippen molar-refractivity contribution >= 4 is 0 Å². The van der Waals surface area contributed by atoms with Gasteiger partial charge in [0.1, 0.15) is 0 Å². The van der Waals surface area contributed by atoms with Crippen molar-refractivity contribution in [3.63, 3.8) is 0 Å². The molecule has 19 heavy (non-hydrogen) atoms. The Bertz CT molecular complexity index is 287. The van der Waals surface area contributed by atoms with E-state index in [0.29, 0.717) is 6.54 Å². The van der Waals surface area contributed by atoms with Crippen molar-refractivity contribution in [1.29, 1.82) is 0 Å². The first-order chi connectivity index (χ1) is 8.54. The fourth-order valence-corrected chi connectivity index (χ4v) is 2.04. The Morgan fingerprint density at radius 3 is 1.84 bits per heavy atom. The van der Waals surface area contributed by atoms with Crippen molar-refractivity contribution in [2.45, 2.75) is 73.1 Å². The molecule has 0 aliphatic heterocycles. The first kappa shape index (κ1) is 21.3. The van der Waals surface area contributed by atoms with E-state index in [1.807, 2.05) is 0 Å². The van der Waals surface area contributed by atoms with Gasteiger partial charge in [-0.3, -0.25) is 0 Å². The summed E-state index contributed by atoms with van der Waals surface area (Å²) in [6.45, 7) is 11.5. The van der Waals surface area contributed by atoms with Crippen LogP contribution in [0.3, 0.4) is 0 Å². The molecule has 0 bridgehead atoms. The van der Waals surface area contributed by atoms with Gasteiger partial charge in [0.2, 0.25) is 0 Å². The maximum Gasteiger partial charge on any atom is 2.00 e. The predicted octanol–water partition coefficient (Wildman–Crippen LogP) is 6.04. The number of hydrogen-bond acceptors (Lipinski definition) is 0. The molecule has 0 radical (unpaired) electrons. The van der Waals surface area contributed by atoms with E-state index >= 15 is 0 Å². The summed E-state index contributed by atoms with van der Waals surface area (Å²) < 4.78 is 0. The van der Waals surface area contributed by atoms with Gasteiger partial charge in [0.15, 0.2) is 0 Å². The van der Waals surface area contributed by atoms with Gasteiger partial charge in [0, 0.05) is 0 Å². The van der Waals surface area contributed by atoms with Gasteiger partial charge in [-0.05, 0) is 0 Å². The van der Waals surface area contributed by atoms with Crippen molar-refractivity contribution < 1.29 is 21.7 Å². The summed E-state index contributed by atoms with van der Waals surface area (Å²) in [4.78, 5) is 0. The number of rotatable bonds is 6. The molecule has 0 amide bonds. The molecular weight excluding hydrogens is 266 g/mol. The van der Waals surface area contributed by atoms with E-state index in [2.05, 4.69) is 40.7 Å². The number of nitrogens with one attached hydrogen (secondary N) is 1. The minimum Gasteiger partial charge on any atom is -0.677 e. The molecule has 0 unspecified atom stereocenters. The summed E-state index contributed by atoms with van der Waals surface area (Å²) in [5.41, 5.74) is 12.6. The van der Waals surface area contributed by atoms with Crippen LogP contribution in [0.25, 0.3) is 5.73 Å². The Kier molecular flexibility index (Phi) is 14.6. The van der Waals surface area contributed by atoms with E-state index in [-0.39, 0.29) is 21.7 Å². The van der Waals surface area contributed by atoms with Crippen LogP contribution in [-0.4, -0.2) is 6.54 Å². The van der Waals surface area contributed by atoms with Crippen LogP contribution in [0.5, 0.6) is 0 Å². The van der Waals surface area contributed by atoms with E-state index < -0.39 is 0 Å². The molecule has 0 aliphatic rings. The molecule has 1 aromatic carbocycles. The van der Waals surface area contributed by atoms with Gasteiger partial charge in [-0.15, -0.1) is 0 Å². The first-order valence-corrected chi connectivity index (χ1v) is 7.39. The molecule has 0 aromatic heterocycles. The minimum atomic E-state index is 0. The topological polar surface area (TPSA) is 23.8 Å². The summed E-state index contributed by atoms with van der Waals surface area (Å²) in [5, 5.41) is 0. The molecule has 0 spiro atoms. The molecule has 0 saturated heterocycles. The van der Waals surface area contributed by atoms with Crippen LogP contribution in [-0.2, 0) is 21.7 Å². The Labute approximate surface area is 135 Å². The fraction of sp³-hybridized carbons (Fsp3) is 0.706. The van der Waals surface area contributed by atoms with Crippen LogP contribution in [0, 0.1) is 27.7 Å². The second-order valence-corrected chi connectivity index (χ2v) is 5.28. The van der Waals surface area contributed by atoms with E-state index in [1.165, 1.54) is 54.4 Å². The van der Waals surface area contributed by atoms with E-state index in [0.717, 1.165) is 6.42 Å². The molecule has 1 rings (SSSR count). The van der Waals surface area contributed by atoms with Gasteiger partial charge in [-0.1, -0.05) is 73.1 Å². The van der Waals surface area contributed by atoms with Crippen molar-refractivity contribution in [1.82, 2.24) is 0 Å². The molecular formula is C17H31NTi. The van der Waals surface area contributed by atoms with Crippen LogP contribution in [0.15, 0.2) is 6.07 Å². The average molecular weight is 297 g/mol. The van der Waals surface area contributed by atoms with Crippen molar-refractivity contribution in [3.8, 4) is 0 Å². The Morgan fingerprint density at radius 2 is 1.53 bits per heavy atom. The largest absolute Gasteiger partial charge is 2.00 e. The molecule has 108 valence electrons. The monoisotopic (exact) mass is 297 g/mol. The summed E-state index contributed by atoms with van der Waals surface area (Å²) in [6, 6.07) is 2.24. The van der Waals surface area contributed by atoms with Gasteiger partial charge in [0.25, 0.3) is 0 Å². The van der Waals surface area contributed by atoms with Crippen LogP contribution in [0.4, 0.5) is 0 Å². The maximum absolute atomic E-state index is 6.88. The molecule has 0 atom stereocenters. The molecule has 1 aromatic rings. The molecule has 0 saturated carbocycles. The zero-order valence-corrected chi connectivity index (χ0v) is 15.1. The molecule has 2 heteroatoms. The second-order valence-electron chi connectivity index (χ2n) is 5.28. The molecule has 0 fully saturated rings. The quantitative estimate of drug-likeness (QED) is 0.347. The number of hydrogen-bond donors (Lipinski definition) is 0. The third kappa shape index (κ3) is 9.54. The van der Waals surface area contributed by atoms with Crippen LogP contribution in [0.2, 0.25) is 0 Å². The molecule has 1 N–H and O–H groups in total.